The van der Waals surface area contributed by atoms with Crippen LogP contribution in [0.5, 0.6) is 0 Å². The van der Waals surface area contributed by atoms with Gasteiger partial charge in [0, 0.05) is 6.04 Å². The lowest BCUT2D eigenvalue weighted by atomic mass is 9.96. The first-order valence-corrected chi connectivity index (χ1v) is 5.08. The number of nitrogens with two attached hydrogens (primary N) is 1. The Kier molecular flexibility index (Phi) is 3.90. The summed E-state index contributed by atoms with van der Waals surface area (Å²) in [4.78, 5) is 0. The van der Waals surface area contributed by atoms with Gasteiger partial charge in [-0.3, -0.25) is 0 Å². The van der Waals surface area contributed by atoms with Crippen LogP contribution in [-0.2, 0) is 0 Å². The van der Waals surface area contributed by atoms with Crippen LogP contribution in [0, 0.1) is 13.8 Å². The van der Waals surface area contributed by atoms with Crippen molar-refractivity contribution >= 4 is 0 Å². The van der Waals surface area contributed by atoms with Crippen molar-refractivity contribution in [1.82, 2.24) is 0 Å². The van der Waals surface area contributed by atoms with E-state index in [9.17, 15) is 0 Å². The maximum absolute atomic E-state index is 6.10. The molecule has 1 aromatic carbocycles. The zero-order valence-electron chi connectivity index (χ0n) is 9.09. The second kappa shape index (κ2) is 4.97. The highest BCUT2D eigenvalue weighted by atomic mass is 14.6. The molecule has 76 valence electrons. The molecule has 2 N–H and O–H groups in total. The van der Waals surface area contributed by atoms with Gasteiger partial charge in [-0.05, 0) is 37.8 Å². The van der Waals surface area contributed by atoms with Crippen LogP contribution in [0.3, 0.4) is 0 Å². The molecule has 0 heterocycles. The molecule has 0 unspecified atom stereocenters. The first-order valence-electron chi connectivity index (χ1n) is 5.08. The minimum atomic E-state index is 0.146. The van der Waals surface area contributed by atoms with Gasteiger partial charge in [-0.15, -0.1) is 6.58 Å². The van der Waals surface area contributed by atoms with Gasteiger partial charge in [0.25, 0.3) is 0 Å². The van der Waals surface area contributed by atoms with Crippen molar-refractivity contribution in [2.75, 3.05) is 0 Å². The topological polar surface area (TPSA) is 26.0 Å². The predicted molar refractivity (Wildman–Crippen MR) is 62.3 cm³/mol. The fraction of sp³-hybridized carbons (Fsp3) is 0.385. The van der Waals surface area contributed by atoms with Crippen molar-refractivity contribution in [3.63, 3.8) is 0 Å². The van der Waals surface area contributed by atoms with Gasteiger partial charge in [0.2, 0.25) is 0 Å². The van der Waals surface area contributed by atoms with Crippen LogP contribution in [0.1, 0.15) is 35.6 Å². The molecule has 0 saturated carbocycles. The first-order chi connectivity index (χ1) is 6.65. The standard InChI is InChI=1S/C13H19N/c1-4-5-6-13(14)12-9-10(2)7-8-11(12)3/h4,7-9,13H,1,5-6,14H2,2-3H3/t13-/m1/s1. The summed E-state index contributed by atoms with van der Waals surface area (Å²) in [5.74, 6) is 0. The summed E-state index contributed by atoms with van der Waals surface area (Å²) in [6.45, 7) is 7.92. The monoisotopic (exact) mass is 189 g/mol. The van der Waals surface area contributed by atoms with Crippen molar-refractivity contribution in [3.05, 3.63) is 47.5 Å². The highest BCUT2D eigenvalue weighted by Crippen LogP contribution is 2.20. The third-order valence-electron chi connectivity index (χ3n) is 2.52. The van der Waals surface area contributed by atoms with Crippen LogP contribution in [-0.4, -0.2) is 0 Å². The molecule has 1 nitrogen and oxygen atoms in total. The molecule has 0 saturated heterocycles. The van der Waals surface area contributed by atoms with E-state index in [1.165, 1.54) is 16.7 Å². The Labute approximate surface area is 86.6 Å². The quantitative estimate of drug-likeness (QED) is 0.723. The van der Waals surface area contributed by atoms with Crippen molar-refractivity contribution in [1.29, 1.82) is 0 Å². The Hall–Kier alpha value is -1.08. The van der Waals surface area contributed by atoms with E-state index in [2.05, 4.69) is 38.6 Å². The van der Waals surface area contributed by atoms with Crippen molar-refractivity contribution in [2.24, 2.45) is 5.73 Å². The molecule has 1 heteroatoms. The van der Waals surface area contributed by atoms with E-state index in [4.69, 9.17) is 5.73 Å². The molecular weight excluding hydrogens is 170 g/mol. The van der Waals surface area contributed by atoms with Crippen LogP contribution in [0.2, 0.25) is 0 Å². The SMILES string of the molecule is C=CCC[C@@H](N)c1cc(C)ccc1C. The molecule has 0 bridgehead atoms. The van der Waals surface area contributed by atoms with Crippen molar-refractivity contribution in [2.45, 2.75) is 32.7 Å². The molecule has 0 amide bonds. The summed E-state index contributed by atoms with van der Waals surface area (Å²) in [5.41, 5.74) is 9.94. The second-order valence-electron chi connectivity index (χ2n) is 3.83. The van der Waals surface area contributed by atoms with Gasteiger partial charge >= 0.3 is 0 Å². The van der Waals surface area contributed by atoms with E-state index < -0.39 is 0 Å². The zero-order chi connectivity index (χ0) is 10.6. The minimum Gasteiger partial charge on any atom is -0.324 e. The lowest BCUT2D eigenvalue weighted by Gasteiger charge is -2.14. The Morgan fingerprint density at radius 1 is 1.43 bits per heavy atom. The maximum Gasteiger partial charge on any atom is 0.0300 e. The summed E-state index contributed by atoms with van der Waals surface area (Å²) in [6.07, 6.45) is 3.88. The Balaban J connectivity index is 2.82. The lowest BCUT2D eigenvalue weighted by molar-refractivity contribution is 0.657. The second-order valence-corrected chi connectivity index (χ2v) is 3.83. The molecule has 0 radical (unpaired) electrons. The van der Waals surface area contributed by atoms with Gasteiger partial charge in [-0.1, -0.05) is 29.8 Å². The number of hydrogen-bond acceptors (Lipinski definition) is 1. The highest BCUT2D eigenvalue weighted by molar-refractivity contribution is 5.32. The van der Waals surface area contributed by atoms with Crippen molar-refractivity contribution < 1.29 is 0 Å². The Morgan fingerprint density at radius 2 is 2.14 bits per heavy atom. The molecule has 0 fully saturated rings. The number of rotatable bonds is 4. The number of allylic oxidation sites excluding steroid dienone is 1. The summed E-state index contributed by atoms with van der Waals surface area (Å²) < 4.78 is 0. The van der Waals surface area contributed by atoms with Crippen LogP contribution in [0.15, 0.2) is 30.9 Å². The summed E-state index contributed by atoms with van der Waals surface area (Å²) >= 11 is 0. The van der Waals surface area contributed by atoms with Gasteiger partial charge in [-0.25, -0.2) is 0 Å². The third kappa shape index (κ3) is 2.71. The predicted octanol–water partition coefficient (Wildman–Crippen LogP) is 3.27. The third-order valence-corrected chi connectivity index (χ3v) is 2.52. The molecule has 0 aliphatic carbocycles. The van der Waals surface area contributed by atoms with Crippen LogP contribution >= 0.6 is 0 Å². The van der Waals surface area contributed by atoms with Crippen LogP contribution in [0.25, 0.3) is 0 Å². The van der Waals surface area contributed by atoms with E-state index in [1.807, 2.05) is 6.08 Å². The zero-order valence-corrected chi connectivity index (χ0v) is 9.09. The molecule has 1 atom stereocenters. The molecule has 0 aliphatic heterocycles. The minimum absolute atomic E-state index is 0.146. The van der Waals surface area contributed by atoms with Crippen LogP contribution in [0.4, 0.5) is 0 Å². The average molecular weight is 189 g/mol. The van der Waals surface area contributed by atoms with Crippen molar-refractivity contribution in [3.8, 4) is 0 Å². The molecule has 14 heavy (non-hydrogen) atoms. The van der Waals surface area contributed by atoms with E-state index in [-0.39, 0.29) is 6.04 Å². The molecule has 0 aromatic heterocycles. The molecule has 1 aromatic rings. The fourth-order valence-electron chi connectivity index (χ4n) is 1.61. The van der Waals surface area contributed by atoms with E-state index in [0.717, 1.165) is 12.8 Å². The molecule has 0 spiro atoms. The normalized spacial score (nSPS) is 12.5. The summed E-state index contributed by atoms with van der Waals surface area (Å²) in [7, 11) is 0. The van der Waals surface area contributed by atoms with Gasteiger partial charge in [0.05, 0.1) is 0 Å². The maximum atomic E-state index is 6.10. The van der Waals surface area contributed by atoms with Gasteiger partial charge < -0.3 is 5.73 Å². The van der Waals surface area contributed by atoms with E-state index in [1.54, 1.807) is 0 Å². The summed E-state index contributed by atoms with van der Waals surface area (Å²) in [6, 6.07) is 6.59. The van der Waals surface area contributed by atoms with Crippen LogP contribution < -0.4 is 5.73 Å². The fourth-order valence-corrected chi connectivity index (χ4v) is 1.61. The lowest BCUT2D eigenvalue weighted by Crippen LogP contribution is -2.11. The smallest absolute Gasteiger partial charge is 0.0300 e. The number of aryl methyl sites for hydroxylation is 2. The van der Waals surface area contributed by atoms with Gasteiger partial charge in [-0.2, -0.15) is 0 Å². The number of benzene rings is 1. The van der Waals surface area contributed by atoms with E-state index in [0.29, 0.717) is 0 Å². The van der Waals surface area contributed by atoms with E-state index >= 15 is 0 Å². The molecule has 1 rings (SSSR count). The summed E-state index contributed by atoms with van der Waals surface area (Å²) in [5, 5.41) is 0. The van der Waals surface area contributed by atoms with Gasteiger partial charge in [0.15, 0.2) is 0 Å². The highest BCUT2D eigenvalue weighted by Gasteiger charge is 2.07. The Morgan fingerprint density at radius 3 is 2.79 bits per heavy atom. The molecular formula is C13H19N. The first kappa shape index (κ1) is 11.0. The average Bonchev–Trinajstić information content (AvgIpc) is 2.18. The largest absolute Gasteiger partial charge is 0.324 e. The van der Waals surface area contributed by atoms with Gasteiger partial charge in [0.1, 0.15) is 0 Å². The Bertz CT molecular complexity index is 315. The number of hydrogen-bond donors (Lipinski definition) is 1. The molecule has 0 aliphatic rings.